The molecule has 20 heavy (non-hydrogen) atoms. The molecular weight excluding hydrogens is 260 g/mol. The number of rotatable bonds is 3. The molecule has 0 aliphatic rings. The number of anilines is 1. The molecule has 8 heteroatoms. The second kappa shape index (κ2) is 6.69. The maximum absolute atomic E-state index is 10.2. The van der Waals surface area contributed by atoms with Crippen molar-refractivity contribution in [3.8, 4) is 0 Å². The van der Waals surface area contributed by atoms with Crippen LogP contribution in [0.25, 0.3) is 0 Å². The van der Waals surface area contributed by atoms with Gasteiger partial charge in [-0.15, -0.1) is 0 Å². The zero-order chi connectivity index (χ0) is 15.3. The van der Waals surface area contributed by atoms with E-state index in [-0.39, 0.29) is 11.9 Å². The third-order valence-corrected chi connectivity index (χ3v) is 2.47. The van der Waals surface area contributed by atoms with Gasteiger partial charge < -0.3 is 15.8 Å². The molecule has 2 N–H and O–H groups in total. The van der Waals surface area contributed by atoms with Crippen LogP contribution in [0, 0.1) is 10.1 Å². The summed E-state index contributed by atoms with van der Waals surface area (Å²) in [4.78, 5) is 9.67. The van der Waals surface area contributed by atoms with Crippen molar-refractivity contribution in [2.24, 2.45) is 0 Å². The lowest BCUT2D eigenvalue weighted by Crippen LogP contribution is -2.01. The molecule has 0 saturated carbocycles. The summed E-state index contributed by atoms with van der Waals surface area (Å²) in [5, 5.41) is 17.9. The SMILES string of the molecule is CC(C)n1ccc(N)n1.CC(C)n1ccc([N+](=O)[O-])n1. The molecule has 0 spiro atoms. The summed E-state index contributed by atoms with van der Waals surface area (Å²) >= 11 is 0. The van der Waals surface area contributed by atoms with Crippen molar-refractivity contribution >= 4 is 11.6 Å². The van der Waals surface area contributed by atoms with Crippen LogP contribution in [-0.4, -0.2) is 24.5 Å². The first-order chi connectivity index (χ1) is 9.31. The Morgan fingerprint density at radius 1 is 1.10 bits per heavy atom. The summed E-state index contributed by atoms with van der Waals surface area (Å²) in [5.74, 6) is 0.488. The predicted molar refractivity (Wildman–Crippen MR) is 76.3 cm³/mol. The summed E-state index contributed by atoms with van der Waals surface area (Å²) in [6.07, 6.45) is 3.48. The minimum atomic E-state index is -0.501. The fourth-order valence-electron chi connectivity index (χ4n) is 1.35. The Bertz CT molecular complexity index is 558. The van der Waals surface area contributed by atoms with Crippen LogP contribution in [0.3, 0.4) is 0 Å². The van der Waals surface area contributed by atoms with Crippen molar-refractivity contribution < 1.29 is 4.92 Å². The molecule has 2 rings (SSSR count). The summed E-state index contributed by atoms with van der Waals surface area (Å²) in [5.41, 5.74) is 5.38. The molecule has 0 fully saturated rings. The van der Waals surface area contributed by atoms with Gasteiger partial charge in [0.25, 0.3) is 0 Å². The highest BCUT2D eigenvalue weighted by Gasteiger charge is 2.11. The van der Waals surface area contributed by atoms with E-state index in [0.29, 0.717) is 11.9 Å². The molecule has 0 amide bonds. The second-order valence-corrected chi connectivity index (χ2v) is 4.82. The third-order valence-electron chi connectivity index (χ3n) is 2.47. The first-order valence-corrected chi connectivity index (χ1v) is 6.31. The highest BCUT2D eigenvalue weighted by atomic mass is 16.6. The number of nitro groups is 1. The van der Waals surface area contributed by atoms with E-state index in [0.717, 1.165) is 0 Å². The highest BCUT2D eigenvalue weighted by Crippen LogP contribution is 2.09. The van der Waals surface area contributed by atoms with E-state index in [9.17, 15) is 10.1 Å². The van der Waals surface area contributed by atoms with Gasteiger partial charge in [0.2, 0.25) is 0 Å². The van der Waals surface area contributed by atoms with Crippen LogP contribution in [0.15, 0.2) is 24.5 Å². The number of nitrogens with two attached hydrogens (primary N) is 1. The topological polar surface area (TPSA) is 105 Å². The fourth-order valence-corrected chi connectivity index (χ4v) is 1.35. The number of aromatic nitrogens is 4. The van der Waals surface area contributed by atoms with Gasteiger partial charge in [-0.25, -0.2) is 0 Å². The molecule has 8 nitrogen and oxygen atoms in total. The molecule has 2 aromatic heterocycles. The van der Waals surface area contributed by atoms with Gasteiger partial charge in [-0.3, -0.25) is 4.68 Å². The Morgan fingerprint density at radius 2 is 1.60 bits per heavy atom. The summed E-state index contributed by atoms with van der Waals surface area (Å²) in [6, 6.07) is 3.76. The molecule has 2 aromatic rings. The van der Waals surface area contributed by atoms with Gasteiger partial charge >= 0.3 is 5.82 Å². The molecule has 0 aromatic carbocycles. The third kappa shape index (κ3) is 4.38. The molecule has 2 heterocycles. The van der Waals surface area contributed by atoms with Crippen molar-refractivity contribution in [2.45, 2.75) is 39.8 Å². The van der Waals surface area contributed by atoms with Crippen molar-refractivity contribution in [1.29, 1.82) is 0 Å². The Balaban J connectivity index is 0.000000204. The standard InChI is InChI=1S/C6H9N3O2.C6H11N3/c1-5(2)8-4-3-6(7-8)9(10)11;1-5(2)9-4-3-6(7)8-9/h3-5H,1-2H3;3-5H,1-2H3,(H2,7,8). The minimum absolute atomic E-state index is 0.0984. The van der Waals surface area contributed by atoms with Gasteiger partial charge in [0.1, 0.15) is 5.82 Å². The Labute approximate surface area is 117 Å². The maximum atomic E-state index is 10.2. The normalized spacial score (nSPS) is 10.5. The highest BCUT2D eigenvalue weighted by molar-refractivity contribution is 5.23. The lowest BCUT2D eigenvalue weighted by molar-refractivity contribution is -0.389. The summed E-state index contributed by atoms with van der Waals surface area (Å²) < 4.78 is 3.38. The molecule has 0 atom stereocenters. The van der Waals surface area contributed by atoms with Gasteiger partial charge in [-0.05, 0) is 38.7 Å². The monoisotopic (exact) mass is 280 g/mol. The van der Waals surface area contributed by atoms with E-state index < -0.39 is 4.92 Å². The van der Waals surface area contributed by atoms with E-state index in [1.54, 1.807) is 16.9 Å². The van der Waals surface area contributed by atoms with Gasteiger partial charge in [0.15, 0.2) is 0 Å². The van der Waals surface area contributed by atoms with Gasteiger partial charge in [0.05, 0.1) is 23.4 Å². The number of nitrogen functional groups attached to an aromatic ring is 1. The fraction of sp³-hybridized carbons (Fsp3) is 0.500. The zero-order valence-electron chi connectivity index (χ0n) is 12.1. The largest absolute Gasteiger partial charge is 0.389 e. The number of hydrogen-bond donors (Lipinski definition) is 1. The van der Waals surface area contributed by atoms with Crippen molar-refractivity contribution in [3.05, 3.63) is 34.6 Å². The van der Waals surface area contributed by atoms with Crippen molar-refractivity contribution in [1.82, 2.24) is 19.6 Å². The van der Waals surface area contributed by atoms with E-state index in [1.807, 2.05) is 24.7 Å². The second-order valence-electron chi connectivity index (χ2n) is 4.82. The molecular formula is C12H20N6O2. The Hall–Kier alpha value is -2.38. The molecule has 110 valence electrons. The first-order valence-electron chi connectivity index (χ1n) is 6.31. The number of nitrogens with zero attached hydrogens (tertiary/aromatic N) is 5. The van der Waals surface area contributed by atoms with Gasteiger partial charge in [0, 0.05) is 12.2 Å². The molecule has 0 radical (unpaired) electrons. The van der Waals surface area contributed by atoms with Crippen LogP contribution in [-0.2, 0) is 0 Å². The minimum Gasteiger partial charge on any atom is -0.382 e. The van der Waals surface area contributed by atoms with Crippen LogP contribution in [0.2, 0.25) is 0 Å². The lowest BCUT2D eigenvalue weighted by atomic mass is 10.4. The average molecular weight is 280 g/mol. The predicted octanol–water partition coefficient (Wildman–Crippen LogP) is 2.42. The van der Waals surface area contributed by atoms with E-state index in [4.69, 9.17) is 5.73 Å². The molecule has 0 bridgehead atoms. The number of hydrogen-bond acceptors (Lipinski definition) is 5. The quantitative estimate of drug-likeness (QED) is 0.686. The van der Waals surface area contributed by atoms with Crippen LogP contribution in [0.4, 0.5) is 11.6 Å². The lowest BCUT2D eigenvalue weighted by Gasteiger charge is -2.02. The molecule has 0 unspecified atom stereocenters. The van der Waals surface area contributed by atoms with Crippen molar-refractivity contribution in [2.75, 3.05) is 5.73 Å². The van der Waals surface area contributed by atoms with Gasteiger partial charge in [-0.1, -0.05) is 0 Å². The zero-order valence-corrected chi connectivity index (χ0v) is 12.1. The smallest absolute Gasteiger partial charge is 0.382 e. The van der Waals surface area contributed by atoms with E-state index >= 15 is 0 Å². The summed E-state index contributed by atoms with van der Waals surface area (Å²) in [7, 11) is 0. The Morgan fingerprint density at radius 3 is 1.85 bits per heavy atom. The van der Waals surface area contributed by atoms with Crippen LogP contribution < -0.4 is 5.73 Å². The van der Waals surface area contributed by atoms with Crippen molar-refractivity contribution in [3.63, 3.8) is 0 Å². The average Bonchev–Trinajstić information content (AvgIpc) is 2.97. The van der Waals surface area contributed by atoms with Crippen LogP contribution in [0.5, 0.6) is 0 Å². The maximum Gasteiger partial charge on any atom is 0.389 e. The molecule has 0 aliphatic carbocycles. The van der Waals surface area contributed by atoms with Crippen LogP contribution in [0.1, 0.15) is 39.8 Å². The van der Waals surface area contributed by atoms with Gasteiger partial charge in [-0.2, -0.15) is 9.78 Å². The van der Waals surface area contributed by atoms with E-state index in [1.165, 1.54) is 6.07 Å². The molecule has 0 aliphatic heterocycles. The van der Waals surface area contributed by atoms with Crippen LogP contribution >= 0.6 is 0 Å². The van der Waals surface area contributed by atoms with E-state index in [2.05, 4.69) is 24.0 Å². The first kappa shape index (κ1) is 15.7. The Kier molecular flexibility index (Phi) is 5.24. The summed E-state index contributed by atoms with van der Waals surface area (Å²) in [6.45, 7) is 7.95. The molecule has 0 saturated heterocycles.